The van der Waals surface area contributed by atoms with Crippen LogP contribution in [0.2, 0.25) is 0 Å². The number of thiophene rings is 2. The Labute approximate surface area is 689 Å². The molecule has 4 aliphatic carbocycles. The van der Waals surface area contributed by atoms with Gasteiger partial charge in [-0.25, -0.2) is 19.9 Å². The second kappa shape index (κ2) is 26.9. The van der Waals surface area contributed by atoms with Crippen molar-refractivity contribution in [3.05, 3.63) is 445 Å². The molecule has 0 saturated heterocycles. The van der Waals surface area contributed by atoms with Gasteiger partial charge in [-0.3, -0.25) is 9.97 Å². The summed E-state index contributed by atoms with van der Waals surface area (Å²) in [7, 11) is 0. The highest BCUT2D eigenvalue weighted by Crippen LogP contribution is 2.66. The van der Waals surface area contributed by atoms with Gasteiger partial charge in [-0.1, -0.05) is 309 Å². The fraction of sp³-hybridized carbons (Fsp3) is 0.0182. The minimum atomic E-state index is -0.645. The molecule has 6 nitrogen and oxygen atoms in total. The maximum atomic E-state index is 5.36. The number of hydrogen-bond acceptors (Lipinski definition) is 8. The number of rotatable bonds is 7. The van der Waals surface area contributed by atoms with Crippen LogP contribution in [-0.4, -0.2) is 29.9 Å². The molecule has 6 aromatic heterocycles. The monoisotopic (exact) mass is 1530 g/mol. The van der Waals surface area contributed by atoms with Gasteiger partial charge in [0.25, 0.3) is 0 Å². The number of fused-ring (bicyclic) bond motifs is 32. The summed E-state index contributed by atoms with van der Waals surface area (Å²) < 4.78 is 5.24. The first-order valence-electron chi connectivity index (χ1n) is 40.1. The largest absolute Gasteiger partial charge is 0.264 e. The quantitative estimate of drug-likeness (QED) is 0.158. The van der Waals surface area contributed by atoms with Crippen molar-refractivity contribution in [2.75, 3.05) is 0 Å². The van der Waals surface area contributed by atoms with E-state index in [1.54, 1.807) is 6.20 Å². The van der Waals surface area contributed by atoms with Crippen molar-refractivity contribution in [2.45, 2.75) is 10.8 Å². The van der Waals surface area contributed by atoms with E-state index in [1.165, 1.54) is 152 Å². The summed E-state index contributed by atoms with van der Waals surface area (Å²) in [6, 6.07) is 139. The first-order chi connectivity index (χ1) is 58.5. The van der Waals surface area contributed by atoms with E-state index in [1.807, 2.05) is 71.5 Å². The topological polar surface area (TPSA) is 77.3 Å². The zero-order valence-corrected chi connectivity index (χ0v) is 65.2. The first-order valence-corrected chi connectivity index (χ1v) is 41.7. The fourth-order valence-corrected chi connectivity index (χ4v) is 22.1. The molecule has 25 rings (SSSR count). The molecule has 0 aliphatic heterocycles. The van der Waals surface area contributed by atoms with Crippen LogP contribution in [0.3, 0.4) is 0 Å². The molecule has 4 aliphatic rings. The van der Waals surface area contributed by atoms with Gasteiger partial charge in [-0.05, 0) is 184 Å². The minimum absolute atomic E-state index is 0.622. The maximum absolute atomic E-state index is 5.36. The Morgan fingerprint density at radius 3 is 1.03 bits per heavy atom. The van der Waals surface area contributed by atoms with Crippen LogP contribution in [-0.2, 0) is 10.8 Å². The summed E-state index contributed by atoms with van der Waals surface area (Å²) in [4.78, 5) is 30.4. The summed E-state index contributed by atoms with van der Waals surface area (Å²) in [5.74, 6) is 1.37. The molecule has 2 unspecified atom stereocenters. The number of nitrogens with zero attached hydrogens (tertiary/aromatic N) is 6. The van der Waals surface area contributed by atoms with Crippen molar-refractivity contribution >= 4 is 63.0 Å². The van der Waals surface area contributed by atoms with Gasteiger partial charge in [0.05, 0.1) is 39.3 Å². The summed E-state index contributed by atoms with van der Waals surface area (Å²) in [6.07, 6.45) is 5.53. The lowest BCUT2D eigenvalue weighted by molar-refractivity contribution is 0.776. The van der Waals surface area contributed by atoms with Gasteiger partial charge >= 0.3 is 0 Å². The molecule has 118 heavy (non-hydrogen) atoms. The standard InChI is InChI=1S/C57H34N4S.C53H32N2S/c1-2-13-35(14-3-1)56-60-50(32-51(61-56)38-25-28-49(59-34-38)37-15-12-30-58-33-37)36-24-26-42-40-17-5-4-16-39(40)41-18-6-9-21-45(41)57(48(42)31-36)46-22-10-7-19-43(46)54-47(57)27-29-53-55(54)44-20-8-11-23-52(44)62-53;1-3-15-33(16-4-1)46-32-47(34-17-5-2-6-18-34)55-52(54-46)35-27-28-39-37-20-8-7-19-36(37)38-21-9-12-24-42(38)53(45(39)31-35)43-25-13-10-22-40(43)50-44(53)29-30-49-51(50)41-23-11-14-26-48(41)56-49/h1-34H;1-32H. The van der Waals surface area contributed by atoms with Crippen LogP contribution >= 0.6 is 22.7 Å². The fourth-order valence-electron chi connectivity index (χ4n) is 19.9. The van der Waals surface area contributed by atoms with Crippen molar-refractivity contribution in [2.24, 2.45) is 0 Å². The molecule has 0 amide bonds. The Morgan fingerprint density at radius 2 is 0.559 bits per heavy atom. The predicted molar refractivity (Wildman–Crippen MR) is 487 cm³/mol. The molecule has 0 bridgehead atoms. The third-order valence-corrected chi connectivity index (χ3v) is 27.1. The Morgan fingerprint density at radius 1 is 0.203 bits per heavy atom. The first kappa shape index (κ1) is 67.7. The van der Waals surface area contributed by atoms with Crippen molar-refractivity contribution in [3.8, 4) is 146 Å². The van der Waals surface area contributed by atoms with Gasteiger partial charge in [0.2, 0.25) is 0 Å². The summed E-state index contributed by atoms with van der Waals surface area (Å²) >= 11 is 3.76. The van der Waals surface area contributed by atoms with E-state index in [0.717, 1.165) is 67.4 Å². The van der Waals surface area contributed by atoms with Crippen LogP contribution in [0.1, 0.15) is 44.5 Å². The van der Waals surface area contributed by atoms with Gasteiger partial charge in [0.15, 0.2) is 11.6 Å². The molecular weight excluding hydrogens is 1470 g/mol. The number of benzene rings is 15. The number of pyridine rings is 2. The molecule has 0 N–H and O–H groups in total. The van der Waals surface area contributed by atoms with Crippen LogP contribution in [0.25, 0.3) is 186 Å². The number of hydrogen-bond donors (Lipinski definition) is 0. The summed E-state index contributed by atoms with van der Waals surface area (Å²) in [5, 5.41) is 5.30. The zero-order chi connectivity index (χ0) is 77.6. The lowest BCUT2D eigenvalue weighted by atomic mass is 9.65. The van der Waals surface area contributed by atoms with Crippen molar-refractivity contribution in [1.82, 2.24) is 29.9 Å². The average molecular weight is 1540 g/mol. The van der Waals surface area contributed by atoms with Crippen molar-refractivity contribution in [3.63, 3.8) is 0 Å². The Hall–Kier alpha value is -14.8. The highest BCUT2D eigenvalue weighted by molar-refractivity contribution is 7.26. The lowest BCUT2D eigenvalue weighted by Gasteiger charge is -2.35. The van der Waals surface area contributed by atoms with Crippen LogP contribution in [0.15, 0.2) is 401 Å². The summed E-state index contributed by atoms with van der Waals surface area (Å²) in [5.41, 5.74) is 35.4. The van der Waals surface area contributed by atoms with Gasteiger partial charge in [0, 0.05) is 97.9 Å². The normalized spacial score (nSPS) is 14.7. The van der Waals surface area contributed by atoms with Crippen LogP contribution in [0.5, 0.6) is 0 Å². The minimum Gasteiger partial charge on any atom is -0.264 e. The third kappa shape index (κ3) is 10.2. The Bertz CT molecular complexity index is 7630. The van der Waals surface area contributed by atoms with Gasteiger partial charge in [-0.15, -0.1) is 22.7 Å². The molecule has 0 radical (unpaired) electrons. The van der Waals surface area contributed by atoms with E-state index in [9.17, 15) is 0 Å². The van der Waals surface area contributed by atoms with Gasteiger partial charge in [-0.2, -0.15) is 0 Å². The molecule has 2 atom stereocenters. The SMILES string of the molecule is c1ccc(-c2cc(-c3ccccc3)nc(-c3ccc4c(c3)C3(c5ccccc5-c5ccccc5-4)c4ccccc4-c4c3ccc3sc5ccccc5c43)n2)cc1.c1ccc(-c2nc(-c3ccc(-c4cccnc4)nc3)cc(-c3ccc4c(c3)C3(c5ccccc5-c5ccccc5-4)c4ccccc4-c4c3ccc3sc5ccccc5c43)n2)cc1. The van der Waals surface area contributed by atoms with E-state index in [0.29, 0.717) is 11.6 Å². The second-order valence-corrected chi connectivity index (χ2v) is 33.1. The van der Waals surface area contributed by atoms with E-state index < -0.39 is 10.8 Å². The molecular formula is C110H66N6S2. The highest BCUT2D eigenvalue weighted by atomic mass is 32.1. The molecule has 6 heterocycles. The lowest BCUT2D eigenvalue weighted by Crippen LogP contribution is -2.29. The molecule has 0 fully saturated rings. The molecule has 0 saturated carbocycles. The predicted octanol–water partition coefficient (Wildman–Crippen LogP) is 28.2. The highest BCUT2D eigenvalue weighted by Gasteiger charge is 2.53. The Kier molecular flexibility index (Phi) is 15.4. The van der Waals surface area contributed by atoms with Crippen LogP contribution in [0.4, 0.5) is 0 Å². The van der Waals surface area contributed by atoms with Crippen LogP contribution in [0, 0.1) is 0 Å². The molecule has 8 heteroatoms. The number of aromatic nitrogens is 6. The van der Waals surface area contributed by atoms with Crippen molar-refractivity contribution < 1.29 is 0 Å². The molecule has 15 aromatic carbocycles. The van der Waals surface area contributed by atoms with Crippen molar-refractivity contribution in [1.29, 1.82) is 0 Å². The van der Waals surface area contributed by atoms with E-state index in [2.05, 4.69) is 351 Å². The zero-order valence-electron chi connectivity index (χ0n) is 63.6. The van der Waals surface area contributed by atoms with E-state index >= 15 is 0 Å². The molecule has 21 aromatic rings. The Balaban J connectivity index is 0.000000135. The second-order valence-electron chi connectivity index (χ2n) is 30.9. The molecule has 548 valence electrons. The average Bonchev–Trinajstić information content (AvgIpc) is 1.52. The van der Waals surface area contributed by atoms with E-state index in [-0.39, 0.29) is 0 Å². The smallest absolute Gasteiger partial charge is 0.160 e. The van der Waals surface area contributed by atoms with Gasteiger partial charge < -0.3 is 0 Å². The maximum Gasteiger partial charge on any atom is 0.160 e. The molecule has 2 spiro atoms. The summed E-state index contributed by atoms with van der Waals surface area (Å²) in [6.45, 7) is 0. The van der Waals surface area contributed by atoms with E-state index in [4.69, 9.17) is 24.9 Å². The van der Waals surface area contributed by atoms with Gasteiger partial charge in [0.1, 0.15) is 0 Å². The third-order valence-electron chi connectivity index (χ3n) is 24.8. The van der Waals surface area contributed by atoms with Crippen LogP contribution < -0.4 is 0 Å².